The van der Waals surface area contributed by atoms with Crippen molar-refractivity contribution in [3.05, 3.63) is 58.7 Å². The van der Waals surface area contributed by atoms with E-state index in [-0.39, 0.29) is 6.04 Å². The summed E-state index contributed by atoms with van der Waals surface area (Å²) in [5, 5.41) is 12.5. The van der Waals surface area contributed by atoms with E-state index in [4.69, 9.17) is 14.7 Å². The lowest BCUT2D eigenvalue weighted by atomic mass is 10.0. The van der Waals surface area contributed by atoms with Crippen LogP contribution in [0.4, 0.5) is 0 Å². The van der Waals surface area contributed by atoms with Crippen LogP contribution in [0.5, 0.6) is 11.5 Å². The Kier molecular flexibility index (Phi) is 5.61. The number of nitrogens with zero attached hydrogens (tertiary/aromatic N) is 1. The third-order valence-corrected chi connectivity index (χ3v) is 3.78. The molecule has 0 bridgehead atoms. The Morgan fingerprint density at radius 3 is 2.57 bits per heavy atom. The van der Waals surface area contributed by atoms with Gasteiger partial charge in [-0.2, -0.15) is 5.26 Å². The SMILES string of the molecule is COc1ccc(OC)c(C(C)NCc2cc(C)cc(C#N)c2)c1. The molecule has 0 aliphatic carbocycles. The molecule has 2 aromatic rings. The molecule has 0 fully saturated rings. The number of benzene rings is 2. The van der Waals surface area contributed by atoms with Crippen molar-refractivity contribution in [2.75, 3.05) is 14.2 Å². The monoisotopic (exact) mass is 310 g/mol. The van der Waals surface area contributed by atoms with E-state index in [1.165, 1.54) is 0 Å². The maximum absolute atomic E-state index is 9.07. The lowest BCUT2D eigenvalue weighted by molar-refractivity contribution is 0.391. The summed E-state index contributed by atoms with van der Waals surface area (Å²) in [4.78, 5) is 0. The molecule has 0 heterocycles. The average Bonchev–Trinajstić information content (AvgIpc) is 2.58. The van der Waals surface area contributed by atoms with Crippen LogP contribution >= 0.6 is 0 Å². The van der Waals surface area contributed by atoms with Crippen molar-refractivity contribution in [3.8, 4) is 17.6 Å². The number of ether oxygens (including phenoxy) is 2. The number of methoxy groups -OCH3 is 2. The van der Waals surface area contributed by atoms with E-state index in [9.17, 15) is 0 Å². The van der Waals surface area contributed by atoms with Gasteiger partial charge < -0.3 is 14.8 Å². The summed E-state index contributed by atoms with van der Waals surface area (Å²) >= 11 is 0. The van der Waals surface area contributed by atoms with Crippen LogP contribution < -0.4 is 14.8 Å². The second kappa shape index (κ2) is 7.66. The summed E-state index contributed by atoms with van der Waals surface area (Å²) in [6.45, 7) is 4.76. The molecule has 0 amide bonds. The topological polar surface area (TPSA) is 54.3 Å². The largest absolute Gasteiger partial charge is 0.497 e. The molecular weight excluding hydrogens is 288 g/mol. The van der Waals surface area contributed by atoms with E-state index >= 15 is 0 Å². The van der Waals surface area contributed by atoms with E-state index in [0.717, 1.165) is 28.2 Å². The zero-order valence-corrected chi connectivity index (χ0v) is 14.0. The Morgan fingerprint density at radius 2 is 1.91 bits per heavy atom. The van der Waals surface area contributed by atoms with Crippen molar-refractivity contribution < 1.29 is 9.47 Å². The molecule has 1 N–H and O–H groups in total. The number of nitriles is 1. The van der Waals surface area contributed by atoms with Gasteiger partial charge in [0.05, 0.1) is 25.9 Å². The minimum Gasteiger partial charge on any atom is -0.497 e. The van der Waals surface area contributed by atoms with Crippen LogP contribution in [-0.2, 0) is 6.54 Å². The minimum atomic E-state index is 0.0890. The Hall–Kier alpha value is -2.51. The van der Waals surface area contributed by atoms with Crippen molar-refractivity contribution in [2.45, 2.75) is 26.4 Å². The van der Waals surface area contributed by atoms with E-state index in [1.807, 2.05) is 37.3 Å². The van der Waals surface area contributed by atoms with Crippen LogP contribution in [0.15, 0.2) is 36.4 Å². The maximum atomic E-state index is 9.07. The molecule has 4 heteroatoms. The first-order valence-electron chi connectivity index (χ1n) is 7.53. The quantitative estimate of drug-likeness (QED) is 0.883. The first-order chi connectivity index (χ1) is 11.1. The van der Waals surface area contributed by atoms with Gasteiger partial charge in [0.2, 0.25) is 0 Å². The Bertz CT molecular complexity index is 720. The van der Waals surface area contributed by atoms with Crippen molar-refractivity contribution in [3.63, 3.8) is 0 Å². The smallest absolute Gasteiger partial charge is 0.123 e. The summed E-state index contributed by atoms with van der Waals surface area (Å²) < 4.78 is 10.7. The van der Waals surface area contributed by atoms with E-state index in [2.05, 4.69) is 24.4 Å². The second-order valence-corrected chi connectivity index (χ2v) is 5.53. The molecule has 0 aromatic heterocycles. The highest BCUT2D eigenvalue weighted by Crippen LogP contribution is 2.29. The summed E-state index contributed by atoms with van der Waals surface area (Å²) in [6, 6.07) is 13.9. The van der Waals surface area contributed by atoms with E-state index in [0.29, 0.717) is 12.1 Å². The van der Waals surface area contributed by atoms with Crippen LogP contribution in [0.3, 0.4) is 0 Å². The molecule has 0 radical (unpaired) electrons. The van der Waals surface area contributed by atoms with Crippen LogP contribution in [0, 0.1) is 18.3 Å². The minimum absolute atomic E-state index is 0.0890. The average molecular weight is 310 g/mol. The summed E-state index contributed by atoms with van der Waals surface area (Å²) in [5.74, 6) is 1.63. The van der Waals surface area contributed by atoms with Gasteiger partial charge in [-0.05, 0) is 55.3 Å². The van der Waals surface area contributed by atoms with Crippen LogP contribution in [0.25, 0.3) is 0 Å². The Balaban J connectivity index is 2.15. The highest BCUT2D eigenvalue weighted by molar-refractivity contribution is 5.42. The maximum Gasteiger partial charge on any atom is 0.123 e. The van der Waals surface area contributed by atoms with Gasteiger partial charge in [0, 0.05) is 18.2 Å². The van der Waals surface area contributed by atoms with Crippen molar-refractivity contribution in [2.24, 2.45) is 0 Å². The van der Waals surface area contributed by atoms with E-state index in [1.54, 1.807) is 14.2 Å². The molecule has 0 saturated carbocycles. The van der Waals surface area contributed by atoms with Crippen molar-refractivity contribution in [1.82, 2.24) is 5.32 Å². The third kappa shape index (κ3) is 4.24. The van der Waals surface area contributed by atoms with Gasteiger partial charge in [-0.1, -0.05) is 6.07 Å². The predicted octanol–water partition coefficient (Wildman–Crippen LogP) is 3.73. The first-order valence-corrected chi connectivity index (χ1v) is 7.53. The molecule has 23 heavy (non-hydrogen) atoms. The summed E-state index contributed by atoms with van der Waals surface area (Å²) in [5.41, 5.74) is 3.91. The van der Waals surface area contributed by atoms with Gasteiger partial charge in [-0.25, -0.2) is 0 Å². The molecule has 4 nitrogen and oxygen atoms in total. The van der Waals surface area contributed by atoms with Gasteiger partial charge >= 0.3 is 0 Å². The van der Waals surface area contributed by atoms with Crippen LogP contribution in [-0.4, -0.2) is 14.2 Å². The van der Waals surface area contributed by atoms with Crippen LogP contribution in [0.2, 0.25) is 0 Å². The number of hydrogen-bond donors (Lipinski definition) is 1. The highest BCUT2D eigenvalue weighted by atomic mass is 16.5. The molecule has 0 aliphatic rings. The Morgan fingerprint density at radius 1 is 1.13 bits per heavy atom. The normalized spacial score (nSPS) is 11.6. The Labute approximate surface area is 137 Å². The van der Waals surface area contributed by atoms with Gasteiger partial charge in [0.1, 0.15) is 11.5 Å². The fraction of sp³-hybridized carbons (Fsp3) is 0.316. The zero-order chi connectivity index (χ0) is 16.8. The highest BCUT2D eigenvalue weighted by Gasteiger charge is 2.12. The third-order valence-electron chi connectivity index (χ3n) is 3.78. The second-order valence-electron chi connectivity index (χ2n) is 5.53. The van der Waals surface area contributed by atoms with Crippen molar-refractivity contribution in [1.29, 1.82) is 5.26 Å². The van der Waals surface area contributed by atoms with E-state index < -0.39 is 0 Å². The number of nitrogens with one attached hydrogen (secondary N) is 1. The molecule has 1 unspecified atom stereocenters. The molecule has 0 aliphatic heterocycles. The molecule has 120 valence electrons. The summed E-state index contributed by atoms with van der Waals surface area (Å²) in [7, 11) is 3.32. The molecule has 2 aromatic carbocycles. The fourth-order valence-corrected chi connectivity index (χ4v) is 2.59. The number of hydrogen-bond acceptors (Lipinski definition) is 4. The number of rotatable bonds is 6. The van der Waals surface area contributed by atoms with Crippen molar-refractivity contribution >= 4 is 0 Å². The molecule has 2 rings (SSSR count). The predicted molar refractivity (Wildman–Crippen MR) is 90.7 cm³/mol. The molecular formula is C19H22N2O2. The molecule has 1 atom stereocenters. The molecule has 0 saturated heterocycles. The first kappa shape index (κ1) is 16.9. The van der Waals surface area contributed by atoms with Gasteiger partial charge in [0.15, 0.2) is 0 Å². The standard InChI is InChI=1S/C19H22N2O2/c1-13-7-15(11-20)9-16(8-13)12-21-14(2)18-10-17(22-3)5-6-19(18)23-4/h5-10,14,21H,12H2,1-4H3. The van der Waals surface area contributed by atoms with Gasteiger partial charge in [-0.15, -0.1) is 0 Å². The summed E-state index contributed by atoms with van der Waals surface area (Å²) in [6.07, 6.45) is 0. The lowest BCUT2D eigenvalue weighted by Gasteiger charge is -2.18. The zero-order valence-electron chi connectivity index (χ0n) is 14.0. The molecule has 0 spiro atoms. The fourth-order valence-electron chi connectivity index (χ4n) is 2.59. The van der Waals surface area contributed by atoms with Gasteiger partial charge in [0.25, 0.3) is 0 Å². The van der Waals surface area contributed by atoms with Crippen LogP contribution in [0.1, 0.15) is 35.2 Å². The van der Waals surface area contributed by atoms with Gasteiger partial charge in [-0.3, -0.25) is 0 Å². The lowest BCUT2D eigenvalue weighted by Crippen LogP contribution is -2.19. The number of aryl methyl sites for hydroxylation is 1.